The van der Waals surface area contributed by atoms with Crippen molar-refractivity contribution in [3.8, 4) is 11.1 Å². The zero-order chi connectivity index (χ0) is 21.3. The summed E-state index contributed by atoms with van der Waals surface area (Å²) in [4.78, 5) is 16.6. The molecular formula is C25H26N2O4. The average molecular weight is 418 g/mol. The van der Waals surface area contributed by atoms with Crippen molar-refractivity contribution in [1.82, 2.24) is 9.38 Å². The number of hydrogen-bond acceptors (Lipinski definition) is 3. The van der Waals surface area contributed by atoms with E-state index in [1.165, 1.54) is 0 Å². The Hall–Kier alpha value is -3.48. The van der Waals surface area contributed by atoms with Crippen molar-refractivity contribution in [2.24, 2.45) is 0 Å². The summed E-state index contributed by atoms with van der Waals surface area (Å²) in [7, 11) is 0. The maximum absolute atomic E-state index is 11.9. The molecule has 0 fully saturated rings. The SMILES string of the molecule is CCCc1cn2c(C(O)c3ccc(-c4ccccc4)c(C(=O)O)c3)ccc(C)c2n1.O. The van der Waals surface area contributed by atoms with E-state index in [9.17, 15) is 15.0 Å². The van der Waals surface area contributed by atoms with E-state index in [0.717, 1.165) is 35.3 Å². The van der Waals surface area contributed by atoms with E-state index in [-0.39, 0.29) is 11.0 Å². The zero-order valence-electron chi connectivity index (χ0n) is 17.5. The maximum atomic E-state index is 11.9. The predicted octanol–water partition coefficient (Wildman–Crippen LogP) is 4.22. The third-order valence-electron chi connectivity index (χ3n) is 5.35. The number of carboxylic acid groups (broad SMARTS) is 1. The predicted molar refractivity (Wildman–Crippen MR) is 120 cm³/mol. The molecule has 4 rings (SSSR count). The highest BCUT2D eigenvalue weighted by Gasteiger charge is 2.20. The molecule has 0 saturated heterocycles. The van der Waals surface area contributed by atoms with E-state index in [1.54, 1.807) is 18.2 Å². The highest BCUT2D eigenvalue weighted by molar-refractivity contribution is 5.96. The summed E-state index contributed by atoms with van der Waals surface area (Å²) in [6, 6.07) is 18.3. The second-order valence-electron chi connectivity index (χ2n) is 7.50. The number of imidazole rings is 1. The molecule has 0 bridgehead atoms. The fourth-order valence-electron chi connectivity index (χ4n) is 3.82. The zero-order valence-corrected chi connectivity index (χ0v) is 17.5. The van der Waals surface area contributed by atoms with Crippen molar-refractivity contribution >= 4 is 11.6 Å². The molecule has 0 radical (unpaired) electrons. The lowest BCUT2D eigenvalue weighted by atomic mass is 9.95. The van der Waals surface area contributed by atoms with Crippen molar-refractivity contribution in [3.05, 3.63) is 94.9 Å². The average Bonchev–Trinajstić information content (AvgIpc) is 3.19. The van der Waals surface area contributed by atoms with Gasteiger partial charge in [-0.25, -0.2) is 9.78 Å². The quantitative estimate of drug-likeness (QED) is 0.489. The number of benzene rings is 2. The van der Waals surface area contributed by atoms with Crippen LogP contribution in [0.4, 0.5) is 0 Å². The molecule has 0 aliphatic carbocycles. The smallest absolute Gasteiger partial charge is 0.336 e. The Balaban J connectivity index is 0.00000272. The number of aliphatic hydroxyl groups is 1. The summed E-state index contributed by atoms with van der Waals surface area (Å²) >= 11 is 0. The Morgan fingerprint density at radius 1 is 1.10 bits per heavy atom. The summed E-state index contributed by atoms with van der Waals surface area (Å²) in [5, 5.41) is 20.9. The number of hydrogen-bond donors (Lipinski definition) is 2. The Morgan fingerprint density at radius 3 is 2.52 bits per heavy atom. The first-order chi connectivity index (χ1) is 14.5. The van der Waals surface area contributed by atoms with Gasteiger partial charge in [0.1, 0.15) is 11.8 Å². The molecule has 6 nitrogen and oxygen atoms in total. The summed E-state index contributed by atoms with van der Waals surface area (Å²) in [6.07, 6.45) is 2.84. The van der Waals surface area contributed by atoms with Crippen molar-refractivity contribution in [2.75, 3.05) is 0 Å². The minimum atomic E-state index is -1.02. The van der Waals surface area contributed by atoms with Gasteiger partial charge in [-0.3, -0.25) is 0 Å². The van der Waals surface area contributed by atoms with E-state index in [2.05, 4.69) is 6.92 Å². The molecule has 4 aromatic rings. The van der Waals surface area contributed by atoms with Crippen LogP contribution in [0.5, 0.6) is 0 Å². The van der Waals surface area contributed by atoms with Crippen LogP contribution in [0.1, 0.15) is 52.3 Å². The molecule has 6 heteroatoms. The highest BCUT2D eigenvalue weighted by atomic mass is 16.4. The van der Waals surface area contributed by atoms with Gasteiger partial charge in [0.2, 0.25) is 0 Å². The molecule has 0 amide bonds. The van der Waals surface area contributed by atoms with E-state index < -0.39 is 12.1 Å². The molecule has 31 heavy (non-hydrogen) atoms. The maximum Gasteiger partial charge on any atom is 0.336 e. The lowest BCUT2D eigenvalue weighted by Gasteiger charge is -2.16. The normalized spacial score (nSPS) is 11.8. The topological polar surface area (TPSA) is 106 Å². The van der Waals surface area contributed by atoms with Gasteiger partial charge in [0, 0.05) is 6.20 Å². The van der Waals surface area contributed by atoms with Gasteiger partial charge in [0.25, 0.3) is 0 Å². The van der Waals surface area contributed by atoms with Crippen LogP contribution in [0.15, 0.2) is 66.9 Å². The molecule has 1 unspecified atom stereocenters. The van der Waals surface area contributed by atoms with E-state index in [0.29, 0.717) is 16.8 Å². The number of rotatable bonds is 6. The second-order valence-corrected chi connectivity index (χ2v) is 7.50. The van der Waals surface area contributed by atoms with Crippen LogP contribution in [-0.4, -0.2) is 31.0 Å². The number of aryl methyl sites for hydroxylation is 2. The Morgan fingerprint density at radius 2 is 1.84 bits per heavy atom. The van der Waals surface area contributed by atoms with Crippen LogP contribution in [-0.2, 0) is 6.42 Å². The van der Waals surface area contributed by atoms with Gasteiger partial charge in [-0.2, -0.15) is 0 Å². The third-order valence-corrected chi connectivity index (χ3v) is 5.35. The molecule has 0 aliphatic heterocycles. The van der Waals surface area contributed by atoms with Crippen molar-refractivity contribution in [1.29, 1.82) is 0 Å². The van der Waals surface area contributed by atoms with Crippen molar-refractivity contribution in [2.45, 2.75) is 32.8 Å². The molecular weight excluding hydrogens is 392 g/mol. The molecule has 1 atom stereocenters. The molecule has 0 spiro atoms. The number of carbonyl (C=O) groups is 1. The Kier molecular flexibility index (Phi) is 6.53. The second kappa shape index (κ2) is 9.12. The fourth-order valence-corrected chi connectivity index (χ4v) is 3.82. The number of aromatic carboxylic acids is 1. The molecule has 2 aromatic heterocycles. The minimum Gasteiger partial charge on any atom is -0.478 e. The number of nitrogens with zero attached hydrogens (tertiary/aromatic N) is 2. The van der Waals surface area contributed by atoms with Crippen LogP contribution in [0.2, 0.25) is 0 Å². The molecule has 2 aromatic carbocycles. The first-order valence-electron chi connectivity index (χ1n) is 10.1. The fraction of sp³-hybridized carbons (Fsp3) is 0.200. The van der Waals surface area contributed by atoms with E-state index in [1.807, 2.05) is 60.0 Å². The summed E-state index contributed by atoms with van der Waals surface area (Å²) in [5.41, 5.74) is 5.63. The number of fused-ring (bicyclic) bond motifs is 1. The van der Waals surface area contributed by atoms with Crippen LogP contribution in [0.3, 0.4) is 0 Å². The Bertz CT molecular complexity index is 1220. The van der Waals surface area contributed by atoms with Gasteiger partial charge in [-0.1, -0.05) is 61.9 Å². The van der Waals surface area contributed by atoms with Crippen LogP contribution in [0, 0.1) is 6.92 Å². The van der Waals surface area contributed by atoms with Gasteiger partial charge < -0.3 is 20.1 Å². The first kappa shape index (κ1) is 22.2. The number of aliphatic hydroxyl groups excluding tert-OH is 1. The van der Waals surface area contributed by atoms with Gasteiger partial charge >= 0.3 is 5.97 Å². The van der Waals surface area contributed by atoms with E-state index in [4.69, 9.17) is 4.98 Å². The number of aromatic nitrogens is 2. The molecule has 0 saturated carbocycles. The lowest BCUT2D eigenvalue weighted by molar-refractivity contribution is 0.0697. The largest absolute Gasteiger partial charge is 0.478 e. The Labute approximate surface area is 180 Å². The molecule has 2 heterocycles. The van der Waals surface area contributed by atoms with E-state index >= 15 is 0 Å². The van der Waals surface area contributed by atoms with Crippen LogP contribution in [0.25, 0.3) is 16.8 Å². The minimum absolute atomic E-state index is 0. The first-order valence-corrected chi connectivity index (χ1v) is 10.1. The van der Waals surface area contributed by atoms with Crippen molar-refractivity contribution < 1.29 is 20.5 Å². The standard InChI is InChI=1S/C25H24N2O3.H2O/c1-3-7-19-15-27-22(13-10-16(2)24(27)26-19)23(28)18-11-12-20(21(14-18)25(29)30)17-8-5-4-6-9-17;/h4-6,8-15,23,28H,3,7H2,1-2H3,(H,29,30);1H2. The highest BCUT2D eigenvalue weighted by Crippen LogP contribution is 2.30. The number of carboxylic acids is 1. The van der Waals surface area contributed by atoms with Crippen molar-refractivity contribution in [3.63, 3.8) is 0 Å². The monoisotopic (exact) mass is 418 g/mol. The van der Waals surface area contributed by atoms with Gasteiger partial charge in [-0.15, -0.1) is 0 Å². The van der Waals surface area contributed by atoms with Gasteiger partial charge in [0.05, 0.1) is 17.0 Å². The lowest BCUT2D eigenvalue weighted by Crippen LogP contribution is -2.08. The van der Waals surface area contributed by atoms with Crippen LogP contribution < -0.4 is 0 Å². The molecule has 4 N–H and O–H groups in total. The molecule has 160 valence electrons. The third kappa shape index (κ3) is 4.21. The summed E-state index contributed by atoms with van der Waals surface area (Å²) < 4.78 is 1.91. The number of pyridine rings is 1. The van der Waals surface area contributed by atoms with Gasteiger partial charge in [0.15, 0.2) is 0 Å². The summed E-state index contributed by atoms with van der Waals surface area (Å²) in [5.74, 6) is -1.02. The molecule has 0 aliphatic rings. The summed E-state index contributed by atoms with van der Waals surface area (Å²) in [6.45, 7) is 4.10. The van der Waals surface area contributed by atoms with Gasteiger partial charge in [-0.05, 0) is 47.7 Å². The van der Waals surface area contributed by atoms with Crippen LogP contribution >= 0.6 is 0 Å².